The van der Waals surface area contributed by atoms with Crippen molar-refractivity contribution < 1.29 is 9.47 Å². The van der Waals surface area contributed by atoms with Gasteiger partial charge in [-0.3, -0.25) is 0 Å². The van der Waals surface area contributed by atoms with E-state index in [-0.39, 0.29) is 17.1 Å². The minimum atomic E-state index is 0.0176. The largest absolute Gasteiger partial charge is 0.353 e. The molecule has 2 radical (unpaired) electrons. The van der Waals surface area contributed by atoms with Crippen LogP contribution in [0.15, 0.2) is 0 Å². The summed E-state index contributed by atoms with van der Waals surface area (Å²) in [6.45, 7) is 10.5. The third-order valence-corrected chi connectivity index (χ3v) is 3.31. The van der Waals surface area contributed by atoms with Crippen molar-refractivity contribution in [2.24, 2.45) is 10.8 Å². The molecule has 0 spiro atoms. The van der Waals surface area contributed by atoms with Gasteiger partial charge in [-0.05, 0) is 36.5 Å². The number of hydrogen-bond acceptors (Lipinski definition) is 2. The van der Waals surface area contributed by atoms with Crippen LogP contribution >= 0.6 is 0 Å². The predicted octanol–water partition coefficient (Wildman–Crippen LogP) is 3.56. The van der Waals surface area contributed by atoms with Gasteiger partial charge in [0.1, 0.15) is 0 Å². The highest BCUT2D eigenvalue weighted by Gasteiger charge is 2.28. The molecule has 2 nitrogen and oxygen atoms in total. The molecule has 1 unspecified atom stereocenters. The summed E-state index contributed by atoms with van der Waals surface area (Å²) in [5.41, 5.74) is 0.337. The summed E-state index contributed by atoms with van der Waals surface area (Å²) in [6.07, 6.45) is 5.24. The van der Waals surface area contributed by atoms with Crippen LogP contribution in [0.4, 0.5) is 0 Å². The molecular formula is C14H27BO2. The molecule has 0 saturated carbocycles. The van der Waals surface area contributed by atoms with E-state index in [2.05, 4.69) is 27.7 Å². The second kappa shape index (κ2) is 6.24. The summed E-state index contributed by atoms with van der Waals surface area (Å²) in [4.78, 5) is 0. The third-order valence-electron chi connectivity index (χ3n) is 3.31. The van der Waals surface area contributed by atoms with Crippen LogP contribution in [-0.4, -0.2) is 27.4 Å². The average molecular weight is 238 g/mol. The Bertz CT molecular complexity index is 220. The fourth-order valence-corrected chi connectivity index (χ4v) is 2.58. The fraction of sp³-hybridized carbons (Fsp3) is 1.00. The first-order valence-corrected chi connectivity index (χ1v) is 6.78. The SMILES string of the molecule is [B]CC(C)(C)CC(C)(C)COC1CCCCO1. The maximum Gasteiger partial charge on any atom is 0.157 e. The fourth-order valence-electron chi connectivity index (χ4n) is 2.58. The van der Waals surface area contributed by atoms with E-state index in [0.717, 1.165) is 32.4 Å². The molecule has 1 aliphatic heterocycles. The average Bonchev–Trinajstić information content (AvgIpc) is 2.27. The summed E-state index contributed by atoms with van der Waals surface area (Å²) in [5.74, 6) is 0. The van der Waals surface area contributed by atoms with E-state index in [1.54, 1.807) is 0 Å². The third kappa shape index (κ3) is 5.92. The zero-order valence-corrected chi connectivity index (χ0v) is 11.9. The van der Waals surface area contributed by atoms with Crippen LogP contribution in [0.3, 0.4) is 0 Å². The van der Waals surface area contributed by atoms with E-state index >= 15 is 0 Å². The summed E-state index contributed by atoms with van der Waals surface area (Å²) >= 11 is 0. The maximum atomic E-state index is 5.88. The lowest BCUT2D eigenvalue weighted by Crippen LogP contribution is -2.31. The predicted molar refractivity (Wildman–Crippen MR) is 72.3 cm³/mol. The molecule has 1 fully saturated rings. The van der Waals surface area contributed by atoms with E-state index < -0.39 is 0 Å². The van der Waals surface area contributed by atoms with Gasteiger partial charge in [0.25, 0.3) is 0 Å². The van der Waals surface area contributed by atoms with Crippen molar-refractivity contribution in [1.29, 1.82) is 0 Å². The number of rotatable bonds is 6. The van der Waals surface area contributed by atoms with Gasteiger partial charge in [-0.25, -0.2) is 0 Å². The molecule has 0 N–H and O–H groups in total. The lowest BCUT2D eigenvalue weighted by atomic mass is 9.69. The summed E-state index contributed by atoms with van der Waals surface area (Å²) in [5, 5.41) is 0. The minimum absolute atomic E-state index is 0.0176. The molecule has 1 heterocycles. The van der Waals surface area contributed by atoms with Gasteiger partial charge < -0.3 is 9.47 Å². The van der Waals surface area contributed by atoms with Crippen LogP contribution < -0.4 is 0 Å². The van der Waals surface area contributed by atoms with E-state index in [1.807, 2.05) is 0 Å². The molecular weight excluding hydrogens is 211 g/mol. The zero-order chi connectivity index (χ0) is 12.9. The van der Waals surface area contributed by atoms with Gasteiger partial charge >= 0.3 is 0 Å². The molecule has 0 aromatic carbocycles. The first-order valence-electron chi connectivity index (χ1n) is 6.78. The normalized spacial score (nSPS) is 22.7. The zero-order valence-electron chi connectivity index (χ0n) is 11.9. The Balaban J connectivity index is 2.32. The molecule has 3 heteroatoms. The standard InChI is InChI=1S/C14H27BO2/c1-13(2,10-15)9-14(3,4)11-17-12-7-5-6-8-16-12/h12H,5-11H2,1-4H3. The van der Waals surface area contributed by atoms with Crippen molar-refractivity contribution in [1.82, 2.24) is 0 Å². The molecule has 98 valence electrons. The molecule has 0 bridgehead atoms. The lowest BCUT2D eigenvalue weighted by molar-refractivity contribution is -0.178. The van der Waals surface area contributed by atoms with Crippen LogP contribution in [0.1, 0.15) is 53.4 Å². The second-order valence-electron chi connectivity index (χ2n) is 6.82. The van der Waals surface area contributed by atoms with E-state index in [1.165, 1.54) is 12.8 Å². The van der Waals surface area contributed by atoms with Crippen molar-refractivity contribution in [2.75, 3.05) is 13.2 Å². The van der Waals surface area contributed by atoms with Gasteiger partial charge in [-0.15, -0.1) is 0 Å². The summed E-state index contributed by atoms with van der Waals surface area (Å²) in [6, 6.07) is 0. The first kappa shape index (κ1) is 15.0. The maximum absolute atomic E-state index is 5.88. The van der Waals surface area contributed by atoms with Crippen molar-refractivity contribution in [3.8, 4) is 0 Å². The molecule has 1 saturated heterocycles. The Hall–Kier alpha value is -0.0151. The Kier molecular flexibility index (Phi) is 5.52. The summed E-state index contributed by atoms with van der Waals surface area (Å²) in [7, 11) is 5.79. The highest BCUT2D eigenvalue weighted by atomic mass is 16.7. The van der Waals surface area contributed by atoms with Crippen molar-refractivity contribution >= 4 is 7.85 Å². The van der Waals surface area contributed by atoms with E-state index in [0.29, 0.717) is 0 Å². The van der Waals surface area contributed by atoms with Crippen LogP contribution in [0.25, 0.3) is 0 Å². The smallest absolute Gasteiger partial charge is 0.157 e. The molecule has 17 heavy (non-hydrogen) atoms. The van der Waals surface area contributed by atoms with E-state index in [4.69, 9.17) is 17.3 Å². The van der Waals surface area contributed by atoms with Crippen LogP contribution in [0.2, 0.25) is 6.32 Å². The van der Waals surface area contributed by atoms with Crippen LogP contribution in [0, 0.1) is 10.8 Å². The first-order chi connectivity index (χ1) is 7.85. The molecule has 0 aromatic rings. The Labute approximate surface area is 108 Å². The minimum Gasteiger partial charge on any atom is -0.353 e. The Morgan fingerprint density at radius 2 is 1.88 bits per heavy atom. The molecule has 0 aromatic heterocycles. The second-order valence-corrected chi connectivity index (χ2v) is 6.82. The van der Waals surface area contributed by atoms with Crippen LogP contribution in [-0.2, 0) is 9.47 Å². The molecule has 1 atom stereocenters. The van der Waals surface area contributed by atoms with Gasteiger partial charge in [-0.1, -0.05) is 34.0 Å². The molecule has 0 amide bonds. The van der Waals surface area contributed by atoms with Crippen LogP contribution in [0.5, 0.6) is 0 Å². The Morgan fingerprint density at radius 3 is 2.41 bits per heavy atom. The lowest BCUT2D eigenvalue weighted by Gasteiger charge is -2.35. The van der Waals surface area contributed by atoms with E-state index in [9.17, 15) is 0 Å². The van der Waals surface area contributed by atoms with Crippen molar-refractivity contribution in [3.05, 3.63) is 0 Å². The number of ether oxygens (including phenoxy) is 2. The number of hydrogen-bond donors (Lipinski definition) is 0. The molecule has 1 rings (SSSR count). The monoisotopic (exact) mass is 238 g/mol. The van der Waals surface area contributed by atoms with Crippen molar-refractivity contribution in [2.45, 2.75) is 66.0 Å². The highest BCUT2D eigenvalue weighted by Crippen LogP contribution is 2.36. The quantitative estimate of drug-likeness (QED) is 0.659. The van der Waals surface area contributed by atoms with Gasteiger partial charge in [0.05, 0.1) is 14.5 Å². The van der Waals surface area contributed by atoms with Gasteiger partial charge in [0, 0.05) is 6.61 Å². The Morgan fingerprint density at radius 1 is 1.18 bits per heavy atom. The van der Waals surface area contributed by atoms with Gasteiger partial charge in [0.15, 0.2) is 6.29 Å². The van der Waals surface area contributed by atoms with Gasteiger partial charge in [-0.2, -0.15) is 0 Å². The molecule has 0 aliphatic carbocycles. The summed E-state index contributed by atoms with van der Waals surface area (Å²) < 4.78 is 11.5. The highest BCUT2D eigenvalue weighted by molar-refractivity contribution is 6.08. The van der Waals surface area contributed by atoms with Crippen molar-refractivity contribution in [3.63, 3.8) is 0 Å². The topological polar surface area (TPSA) is 18.5 Å². The van der Waals surface area contributed by atoms with Gasteiger partial charge in [0.2, 0.25) is 0 Å². The molecule has 1 aliphatic rings.